The molecule has 174 valence electrons. The fraction of sp³-hybridized carbons (Fsp3) is 0.417. The summed E-state index contributed by atoms with van der Waals surface area (Å²) < 4.78 is 38.6. The Kier molecular flexibility index (Phi) is 6.78. The van der Waals surface area contributed by atoms with Crippen molar-refractivity contribution in [2.75, 3.05) is 6.54 Å². The van der Waals surface area contributed by atoms with E-state index in [0.717, 1.165) is 29.7 Å². The molecule has 0 spiro atoms. The molecule has 1 amide bonds. The van der Waals surface area contributed by atoms with Crippen LogP contribution in [0.3, 0.4) is 0 Å². The van der Waals surface area contributed by atoms with Gasteiger partial charge in [0.15, 0.2) is 0 Å². The molecule has 33 heavy (non-hydrogen) atoms. The molecular formula is C24H25F3N4OS. The number of aryl methyl sites for hydroxylation is 2. The Morgan fingerprint density at radius 1 is 1.21 bits per heavy atom. The molecular weight excluding hydrogens is 449 g/mol. The van der Waals surface area contributed by atoms with Gasteiger partial charge in [-0.3, -0.25) is 9.78 Å². The van der Waals surface area contributed by atoms with E-state index >= 15 is 0 Å². The first kappa shape index (κ1) is 23.4. The van der Waals surface area contributed by atoms with Crippen molar-refractivity contribution in [1.29, 1.82) is 0 Å². The van der Waals surface area contributed by atoms with Gasteiger partial charge in [-0.2, -0.15) is 13.2 Å². The van der Waals surface area contributed by atoms with Gasteiger partial charge < -0.3 is 4.90 Å². The smallest absolute Gasteiger partial charge is 0.335 e. The first-order chi connectivity index (χ1) is 15.7. The quantitative estimate of drug-likeness (QED) is 0.469. The zero-order valence-corrected chi connectivity index (χ0v) is 19.3. The molecule has 0 bridgehead atoms. The molecule has 1 fully saturated rings. The average Bonchev–Trinajstić information content (AvgIpc) is 3.28. The second-order valence-electron chi connectivity index (χ2n) is 8.49. The molecule has 1 aliphatic heterocycles. The Balaban J connectivity index is 1.58. The molecule has 1 aromatic carbocycles. The van der Waals surface area contributed by atoms with Crippen LogP contribution < -0.4 is 0 Å². The second kappa shape index (κ2) is 9.59. The van der Waals surface area contributed by atoms with E-state index < -0.39 is 11.2 Å². The molecule has 1 aliphatic rings. The van der Waals surface area contributed by atoms with E-state index in [1.54, 1.807) is 6.20 Å². The number of nitrogens with zero attached hydrogens (tertiary/aromatic N) is 4. The number of likely N-dealkylation sites (tertiary alicyclic amines) is 1. The van der Waals surface area contributed by atoms with Crippen LogP contribution in [0.4, 0.5) is 13.2 Å². The third-order valence-corrected chi connectivity index (χ3v) is 7.11. The number of piperidine rings is 1. The highest BCUT2D eigenvalue weighted by Gasteiger charge is 2.36. The summed E-state index contributed by atoms with van der Waals surface area (Å²) in [6.45, 7) is 4.66. The summed E-state index contributed by atoms with van der Waals surface area (Å²) >= 11 is 0.578. The number of hydrogen-bond acceptors (Lipinski definition) is 5. The lowest BCUT2D eigenvalue weighted by molar-refractivity contribution is -0.138. The molecule has 2 atom stereocenters. The topological polar surface area (TPSA) is 59.0 Å². The second-order valence-corrected chi connectivity index (χ2v) is 9.55. The summed E-state index contributed by atoms with van der Waals surface area (Å²) in [4.78, 5) is 20.1. The first-order valence-electron chi connectivity index (χ1n) is 11.0. The molecule has 0 aliphatic carbocycles. The summed E-state index contributed by atoms with van der Waals surface area (Å²) in [5.74, 6) is 0.171. The largest absolute Gasteiger partial charge is 0.445 e. The van der Waals surface area contributed by atoms with E-state index in [1.165, 1.54) is 0 Å². The number of alkyl halides is 3. The number of carbonyl (C=O) groups is 1. The van der Waals surface area contributed by atoms with E-state index in [2.05, 4.69) is 22.1 Å². The average molecular weight is 475 g/mol. The Morgan fingerprint density at radius 3 is 2.73 bits per heavy atom. The molecule has 2 aromatic heterocycles. The number of pyridine rings is 1. The van der Waals surface area contributed by atoms with Crippen LogP contribution in [0.1, 0.15) is 52.1 Å². The van der Waals surface area contributed by atoms with Gasteiger partial charge in [0.05, 0.1) is 5.69 Å². The number of carbonyl (C=O) groups excluding carboxylic acids is 1. The first-order valence-corrected chi connectivity index (χ1v) is 11.8. The van der Waals surface area contributed by atoms with Crippen LogP contribution in [0, 0.1) is 12.8 Å². The predicted molar refractivity (Wildman–Crippen MR) is 121 cm³/mol. The Morgan fingerprint density at radius 2 is 2.03 bits per heavy atom. The van der Waals surface area contributed by atoms with Gasteiger partial charge in [0.2, 0.25) is 5.01 Å². The van der Waals surface area contributed by atoms with Crippen molar-refractivity contribution in [2.45, 2.75) is 51.7 Å². The van der Waals surface area contributed by atoms with E-state index in [-0.39, 0.29) is 17.9 Å². The molecule has 0 saturated carbocycles. The highest BCUT2D eigenvalue weighted by molar-refractivity contribution is 7.11. The summed E-state index contributed by atoms with van der Waals surface area (Å²) in [5, 5.41) is 6.42. The van der Waals surface area contributed by atoms with Gasteiger partial charge in [-0.05, 0) is 50.3 Å². The predicted octanol–water partition coefficient (Wildman–Crippen LogP) is 5.80. The van der Waals surface area contributed by atoms with Crippen molar-refractivity contribution in [3.8, 4) is 11.3 Å². The summed E-state index contributed by atoms with van der Waals surface area (Å²) in [5.41, 5.74) is 3.09. The molecule has 1 unspecified atom stereocenters. The van der Waals surface area contributed by atoms with Gasteiger partial charge in [0.25, 0.3) is 5.91 Å². The lowest BCUT2D eigenvalue weighted by Crippen LogP contribution is -2.48. The number of amides is 1. The van der Waals surface area contributed by atoms with E-state index in [4.69, 9.17) is 0 Å². The Bertz CT molecular complexity index is 1120. The van der Waals surface area contributed by atoms with Gasteiger partial charge in [0, 0.05) is 36.3 Å². The van der Waals surface area contributed by atoms with Crippen LogP contribution in [0.5, 0.6) is 0 Å². The lowest BCUT2D eigenvalue weighted by atomic mass is 9.87. The molecule has 4 rings (SSSR count). The van der Waals surface area contributed by atoms with E-state index in [9.17, 15) is 18.0 Å². The highest BCUT2D eigenvalue weighted by atomic mass is 32.1. The summed E-state index contributed by atoms with van der Waals surface area (Å²) in [6.07, 6.45) is -0.0163. The third-order valence-electron chi connectivity index (χ3n) is 6.09. The number of hydrogen-bond donors (Lipinski definition) is 0. The minimum absolute atomic E-state index is 0.0656. The van der Waals surface area contributed by atoms with Crippen LogP contribution in [0.2, 0.25) is 0 Å². The molecule has 0 N–H and O–H groups in total. The number of halogens is 3. The third kappa shape index (κ3) is 5.24. The SMILES string of the molecule is Cc1ccc(-c2ccccn2)c(C(=O)N2CCC[C@@H](C)C2CCc2nnc(C(F)(F)F)s2)c1. The normalized spacial score (nSPS) is 19.0. The fourth-order valence-corrected chi connectivity index (χ4v) is 5.14. The van der Waals surface area contributed by atoms with Crippen LogP contribution >= 0.6 is 11.3 Å². The van der Waals surface area contributed by atoms with Crippen LogP contribution in [-0.2, 0) is 12.6 Å². The number of aromatic nitrogens is 3. The highest BCUT2D eigenvalue weighted by Crippen LogP contribution is 2.34. The van der Waals surface area contributed by atoms with Crippen LogP contribution in [-0.4, -0.2) is 38.6 Å². The number of rotatable bonds is 5. The Hall–Kier alpha value is -2.81. The lowest BCUT2D eigenvalue weighted by Gasteiger charge is -2.40. The van der Waals surface area contributed by atoms with Gasteiger partial charge >= 0.3 is 6.18 Å². The molecule has 1 saturated heterocycles. The standard InChI is InChI=1S/C24H25F3N4OS/c1-15-8-9-17(19-7-3-4-12-28-19)18(14-15)22(32)31-13-5-6-16(2)20(31)10-11-21-29-30-23(33-21)24(25,26)27/h3-4,7-9,12,14,16,20H,5-6,10-11,13H2,1-2H3/t16-,20?/m1/s1. The number of benzene rings is 1. The van der Waals surface area contributed by atoms with Gasteiger partial charge in [-0.15, -0.1) is 10.2 Å². The van der Waals surface area contributed by atoms with E-state index in [0.29, 0.717) is 41.3 Å². The van der Waals surface area contributed by atoms with Gasteiger partial charge in [-0.1, -0.05) is 42.0 Å². The zero-order valence-electron chi connectivity index (χ0n) is 18.5. The molecule has 0 radical (unpaired) electrons. The molecule has 5 nitrogen and oxygen atoms in total. The Labute approximate surface area is 194 Å². The van der Waals surface area contributed by atoms with Crippen LogP contribution in [0.25, 0.3) is 11.3 Å². The fourth-order valence-electron chi connectivity index (χ4n) is 4.42. The van der Waals surface area contributed by atoms with E-state index in [1.807, 2.05) is 48.2 Å². The molecule has 9 heteroatoms. The minimum Gasteiger partial charge on any atom is -0.335 e. The van der Waals surface area contributed by atoms with Crippen LogP contribution in [0.15, 0.2) is 42.6 Å². The summed E-state index contributed by atoms with van der Waals surface area (Å²) in [6, 6.07) is 11.3. The van der Waals surface area contributed by atoms with Crippen molar-refractivity contribution in [1.82, 2.24) is 20.1 Å². The van der Waals surface area contributed by atoms with Crippen molar-refractivity contribution in [2.24, 2.45) is 5.92 Å². The zero-order chi connectivity index (χ0) is 23.6. The molecule has 3 heterocycles. The van der Waals surface area contributed by atoms with Crippen molar-refractivity contribution >= 4 is 17.2 Å². The minimum atomic E-state index is -4.48. The van der Waals surface area contributed by atoms with Crippen molar-refractivity contribution in [3.05, 3.63) is 63.7 Å². The molecule has 3 aromatic rings. The van der Waals surface area contributed by atoms with Crippen molar-refractivity contribution in [3.63, 3.8) is 0 Å². The maximum absolute atomic E-state index is 13.8. The maximum atomic E-state index is 13.8. The summed E-state index contributed by atoms with van der Waals surface area (Å²) in [7, 11) is 0. The van der Waals surface area contributed by atoms with Crippen molar-refractivity contribution < 1.29 is 18.0 Å². The maximum Gasteiger partial charge on any atom is 0.445 e. The van der Waals surface area contributed by atoms with Gasteiger partial charge in [0.1, 0.15) is 5.01 Å². The monoisotopic (exact) mass is 474 g/mol. The van der Waals surface area contributed by atoms with Gasteiger partial charge in [-0.25, -0.2) is 0 Å².